The van der Waals surface area contributed by atoms with Gasteiger partial charge in [-0.1, -0.05) is 24.3 Å². The van der Waals surface area contributed by atoms with Crippen LogP contribution in [0.5, 0.6) is 0 Å². The molecule has 3 aromatic rings. The molecular weight excluding hydrogens is 456 g/mol. The number of hydrogen-bond acceptors (Lipinski definition) is 4. The minimum Gasteiger partial charge on any atom is -0.351 e. The predicted octanol–water partition coefficient (Wildman–Crippen LogP) is 3.26. The second-order valence-electron chi connectivity index (χ2n) is 10.1. The number of fused-ring (bicyclic) bond motifs is 2. The van der Waals surface area contributed by atoms with Crippen molar-refractivity contribution in [3.63, 3.8) is 0 Å². The van der Waals surface area contributed by atoms with E-state index in [1.807, 2.05) is 48.2 Å². The number of nitrogens with one attached hydrogen (secondary N) is 2. The van der Waals surface area contributed by atoms with E-state index in [0.717, 1.165) is 34.9 Å². The third-order valence-corrected chi connectivity index (χ3v) is 7.91. The number of likely N-dealkylation sites (tertiary alicyclic amines) is 1. The number of H-pyrrole nitrogens is 1. The quantitative estimate of drug-likeness (QED) is 0.557. The number of piperidine rings is 2. The van der Waals surface area contributed by atoms with Gasteiger partial charge in [0.05, 0.1) is 0 Å². The van der Waals surface area contributed by atoms with Gasteiger partial charge in [-0.05, 0) is 67.0 Å². The second kappa shape index (κ2) is 8.62. The summed E-state index contributed by atoms with van der Waals surface area (Å²) in [6.07, 6.45) is 2.32. The highest BCUT2D eigenvalue weighted by Gasteiger charge is 2.39. The molecule has 0 radical (unpaired) electrons. The Kier molecular flexibility index (Phi) is 5.39. The van der Waals surface area contributed by atoms with Crippen molar-refractivity contribution in [2.24, 2.45) is 0 Å². The molecule has 6 rings (SSSR count). The summed E-state index contributed by atoms with van der Waals surface area (Å²) in [7, 11) is 0. The lowest BCUT2D eigenvalue weighted by atomic mass is 9.88. The largest absolute Gasteiger partial charge is 0.351 e. The summed E-state index contributed by atoms with van der Waals surface area (Å²) in [5.41, 5.74) is 5.47. The molecule has 1 unspecified atom stereocenters. The van der Waals surface area contributed by atoms with Crippen molar-refractivity contribution in [2.75, 3.05) is 13.1 Å². The molecule has 36 heavy (non-hydrogen) atoms. The number of nitrogens with zero attached hydrogens (tertiary/aromatic N) is 2. The maximum atomic E-state index is 13.1. The molecule has 1 aromatic heterocycles. The lowest BCUT2D eigenvalue weighted by Crippen LogP contribution is -2.52. The van der Waals surface area contributed by atoms with Gasteiger partial charge in [-0.15, -0.1) is 0 Å². The average molecular weight is 485 g/mol. The summed E-state index contributed by atoms with van der Waals surface area (Å²) in [4.78, 5) is 56.7. The summed E-state index contributed by atoms with van der Waals surface area (Å²) in [5, 5.41) is 3.42. The predicted molar refractivity (Wildman–Crippen MR) is 133 cm³/mol. The Morgan fingerprint density at radius 3 is 2.56 bits per heavy atom. The Balaban J connectivity index is 1.13. The van der Waals surface area contributed by atoms with Gasteiger partial charge in [0.1, 0.15) is 11.7 Å². The molecule has 0 bridgehead atoms. The molecule has 2 aromatic carbocycles. The van der Waals surface area contributed by atoms with Gasteiger partial charge in [0.15, 0.2) is 0 Å². The van der Waals surface area contributed by atoms with Crippen LogP contribution in [-0.4, -0.2) is 57.5 Å². The third-order valence-electron chi connectivity index (χ3n) is 7.91. The summed E-state index contributed by atoms with van der Waals surface area (Å²) in [6, 6.07) is 13.3. The topological polar surface area (TPSA) is 103 Å². The lowest BCUT2D eigenvalue weighted by Gasteiger charge is -2.32. The second-order valence-corrected chi connectivity index (χ2v) is 10.1. The monoisotopic (exact) mass is 484 g/mol. The van der Waals surface area contributed by atoms with Crippen LogP contribution < -0.4 is 5.32 Å². The number of aromatic nitrogens is 1. The van der Waals surface area contributed by atoms with E-state index >= 15 is 0 Å². The Bertz CT molecular complexity index is 1420. The average Bonchev–Trinajstić information content (AvgIpc) is 3.46. The van der Waals surface area contributed by atoms with Gasteiger partial charge in [0.2, 0.25) is 11.8 Å². The van der Waals surface area contributed by atoms with Crippen LogP contribution in [0.4, 0.5) is 0 Å². The zero-order valence-electron chi connectivity index (χ0n) is 20.2. The molecule has 2 N–H and O–H groups in total. The molecule has 8 nitrogen and oxygen atoms in total. The van der Waals surface area contributed by atoms with Gasteiger partial charge in [0, 0.05) is 42.5 Å². The SMILES string of the molecule is Cc1cccc2[nH]c(C(=O)N3CCC(c4ccc5c(c4)CN(C4CCC(=O)NC4=O)C5=O)CC3)cc12. The van der Waals surface area contributed by atoms with E-state index in [9.17, 15) is 19.2 Å². The standard InChI is InChI=1S/C28H28N4O4/c1-16-3-2-4-22-21(16)14-23(29-22)28(36)31-11-9-17(10-12-31)18-5-6-20-19(13-18)15-32(27(20)35)24-7-8-25(33)30-26(24)34/h2-6,13-14,17,24,29H,7-12,15H2,1H3,(H,30,33,34). The molecule has 3 aliphatic heterocycles. The van der Waals surface area contributed by atoms with E-state index in [1.165, 1.54) is 5.56 Å². The van der Waals surface area contributed by atoms with Crippen molar-refractivity contribution in [1.29, 1.82) is 0 Å². The normalized spacial score (nSPS) is 20.7. The first kappa shape index (κ1) is 22.5. The Labute approximate surface area is 208 Å². The minimum atomic E-state index is -0.603. The Morgan fingerprint density at radius 1 is 1.00 bits per heavy atom. The molecule has 2 saturated heterocycles. The minimum absolute atomic E-state index is 0.0310. The zero-order valence-corrected chi connectivity index (χ0v) is 20.2. The molecule has 4 heterocycles. The van der Waals surface area contributed by atoms with Crippen LogP contribution in [0.2, 0.25) is 0 Å². The summed E-state index contributed by atoms with van der Waals surface area (Å²) in [5.74, 6) is -0.491. The van der Waals surface area contributed by atoms with Crippen molar-refractivity contribution in [3.05, 3.63) is 70.4 Å². The van der Waals surface area contributed by atoms with Gasteiger partial charge in [0.25, 0.3) is 11.8 Å². The molecular formula is C28H28N4O4. The number of hydrogen-bond donors (Lipinski definition) is 2. The summed E-state index contributed by atoms with van der Waals surface area (Å²) < 4.78 is 0. The Morgan fingerprint density at radius 2 is 1.81 bits per heavy atom. The van der Waals surface area contributed by atoms with Crippen LogP contribution in [0.1, 0.15) is 69.1 Å². The van der Waals surface area contributed by atoms with Gasteiger partial charge in [-0.25, -0.2) is 0 Å². The Hall–Kier alpha value is -3.94. The lowest BCUT2D eigenvalue weighted by molar-refractivity contribution is -0.136. The number of carbonyl (C=O) groups is 4. The van der Waals surface area contributed by atoms with Crippen LogP contribution in [0.25, 0.3) is 10.9 Å². The van der Waals surface area contributed by atoms with Crippen molar-refractivity contribution in [2.45, 2.75) is 51.1 Å². The van der Waals surface area contributed by atoms with Crippen molar-refractivity contribution < 1.29 is 19.2 Å². The van der Waals surface area contributed by atoms with Crippen LogP contribution in [0.3, 0.4) is 0 Å². The maximum absolute atomic E-state index is 13.1. The van der Waals surface area contributed by atoms with Crippen molar-refractivity contribution in [3.8, 4) is 0 Å². The van der Waals surface area contributed by atoms with Gasteiger partial charge in [-0.2, -0.15) is 0 Å². The third kappa shape index (κ3) is 3.77. The number of rotatable bonds is 3. The fraction of sp³-hybridized carbons (Fsp3) is 0.357. The van der Waals surface area contributed by atoms with E-state index in [4.69, 9.17) is 0 Å². The number of benzene rings is 2. The van der Waals surface area contributed by atoms with Gasteiger partial charge >= 0.3 is 0 Å². The molecule has 1 atom stereocenters. The number of carbonyl (C=O) groups excluding carboxylic acids is 4. The van der Waals surface area contributed by atoms with Crippen molar-refractivity contribution in [1.82, 2.24) is 20.1 Å². The number of aryl methyl sites for hydroxylation is 1. The van der Waals surface area contributed by atoms with Crippen LogP contribution >= 0.6 is 0 Å². The molecule has 2 fully saturated rings. The van der Waals surface area contributed by atoms with E-state index < -0.39 is 11.9 Å². The van der Waals surface area contributed by atoms with E-state index in [0.29, 0.717) is 43.2 Å². The molecule has 0 aliphatic carbocycles. The van der Waals surface area contributed by atoms with Crippen LogP contribution in [-0.2, 0) is 16.1 Å². The first-order chi connectivity index (χ1) is 17.4. The first-order valence-electron chi connectivity index (χ1n) is 12.5. The molecule has 4 amide bonds. The van der Waals surface area contributed by atoms with Gasteiger partial charge in [-0.3, -0.25) is 24.5 Å². The molecule has 0 spiro atoms. The van der Waals surface area contributed by atoms with Crippen LogP contribution in [0.15, 0.2) is 42.5 Å². The summed E-state index contributed by atoms with van der Waals surface area (Å²) in [6.45, 7) is 3.78. The van der Waals surface area contributed by atoms with Crippen molar-refractivity contribution >= 4 is 34.5 Å². The van der Waals surface area contributed by atoms with Crippen LogP contribution in [0, 0.1) is 6.92 Å². The van der Waals surface area contributed by atoms with E-state index in [2.05, 4.69) is 16.4 Å². The fourth-order valence-corrected chi connectivity index (χ4v) is 5.86. The van der Waals surface area contributed by atoms with Gasteiger partial charge < -0.3 is 14.8 Å². The maximum Gasteiger partial charge on any atom is 0.270 e. The number of amides is 4. The highest BCUT2D eigenvalue weighted by atomic mass is 16.2. The van der Waals surface area contributed by atoms with E-state index in [1.54, 1.807) is 4.90 Å². The zero-order chi connectivity index (χ0) is 25.0. The highest BCUT2D eigenvalue weighted by Crippen LogP contribution is 2.34. The summed E-state index contributed by atoms with van der Waals surface area (Å²) >= 11 is 0. The van der Waals surface area contributed by atoms with E-state index in [-0.39, 0.29) is 24.1 Å². The smallest absolute Gasteiger partial charge is 0.270 e. The fourth-order valence-electron chi connectivity index (χ4n) is 5.86. The molecule has 184 valence electrons. The highest BCUT2D eigenvalue weighted by molar-refractivity contribution is 6.05. The first-order valence-corrected chi connectivity index (χ1v) is 12.5. The molecule has 8 heteroatoms. The number of imide groups is 1. The molecule has 3 aliphatic rings. The molecule has 0 saturated carbocycles. The number of aromatic amines is 1.